The number of β-amino-alcohol motifs (C(OH)–C–C–N with tert-alkyl or cyclic N) is 1. The maximum atomic E-state index is 13.9. The van der Waals surface area contributed by atoms with Crippen LogP contribution < -0.4 is 10.6 Å². The number of benzene rings is 1. The van der Waals surface area contributed by atoms with Crippen molar-refractivity contribution in [2.75, 3.05) is 13.2 Å². The summed E-state index contributed by atoms with van der Waals surface area (Å²) in [5, 5.41) is 25.4. The van der Waals surface area contributed by atoms with Gasteiger partial charge in [-0.05, 0) is 43.2 Å². The molecule has 1 fully saturated rings. The number of rotatable bonds is 21. The van der Waals surface area contributed by atoms with Gasteiger partial charge in [0.1, 0.15) is 12.1 Å². The predicted octanol–water partition coefficient (Wildman–Crippen LogP) is 7.24. The highest BCUT2D eigenvalue weighted by atomic mass is 32.1. The van der Waals surface area contributed by atoms with E-state index in [4.69, 9.17) is 5.11 Å². The highest BCUT2D eigenvalue weighted by Crippen LogP contribution is 2.29. The van der Waals surface area contributed by atoms with Crippen molar-refractivity contribution in [2.24, 2.45) is 5.41 Å². The number of aryl methyl sites for hydroxylation is 1. The second-order valence-electron chi connectivity index (χ2n) is 15.0. The van der Waals surface area contributed by atoms with Crippen LogP contribution in [0.1, 0.15) is 141 Å². The molecule has 4 atom stereocenters. The van der Waals surface area contributed by atoms with Crippen LogP contribution in [0.3, 0.4) is 0 Å². The van der Waals surface area contributed by atoms with Gasteiger partial charge in [0.05, 0.1) is 28.2 Å². The highest BCUT2D eigenvalue weighted by Gasteiger charge is 2.44. The number of amides is 3. The summed E-state index contributed by atoms with van der Waals surface area (Å²) in [6.45, 7) is 9.99. The zero-order valence-electron chi connectivity index (χ0n) is 30.6. The Morgan fingerprint density at radius 1 is 0.898 bits per heavy atom. The smallest absolute Gasteiger partial charge is 0.246 e. The minimum absolute atomic E-state index is 0.0568. The summed E-state index contributed by atoms with van der Waals surface area (Å²) in [5.74, 6) is -0.800. The number of likely N-dealkylation sites (tertiary alicyclic amines) is 1. The van der Waals surface area contributed by atoms with Crippen LogP contribution in [0.4, 0.5) is 0 Å². The van der Waals surface area contributed by atoms with Gasteiger partial charge in [-0.1, -0.05) is 116 Å². The van der Waals surface area contributed by atoms with E-state index in [1.807, 2.05) is 64.4 Å². The first-order valence-electron chi connectivity index (χ1n) is 18.6. The van der Waals surface area contributed by atoms with Crippen LogP contribution in [-0.2, 0) is 14.4 Å². The van der Waals surface area contributed by atoms with Crippen molar-refractivity contribution in [3.63, 3.8) is 0 Å². The molecular weight excluding hydrogens is 637 g/mol. The molecule has 49 heavy (non-hydrogen) atoms. The van der Waals surface area contributed by atoms with Gasteiger partial charge in [0.2, 0.25) is 17.7 Å². The van der Waals surface area contributed by atoms with E-state index in [0.29, 0.717) is 13.0 Å². The minimum atomic E-state index is -0.817. The molecule has 2 aromatic rings. The van der Waals surface area contributed by atoms with Crippen molar-refractivity contribution >= 4 is 29.1 Å². The molecule has 1 aromatic carbocycles. The Morgan fingerprint density at radius 2 is 1.45 bits per heavy atom. The molecule has 1 aromatic heterocycles. The largest absolute Gasteiger partial charge is 0.396 e. The fourth-order valence-corrected chi connectivity index (χ4v) is 7.40. The maximum Gasteiger partial charge on any atom is 0.246 e. The fraction of sp³-hybridized carbons (Fsp3) is 0.692. The number of carbonyl (C=O) groups is 3. The first-order valence-corrected chi connectivity index (χ1v) is 19.5. The number of nitrogens with zero attached hydrogens (tertiary/aromatic N) is 2. The Balaban J connectivity index is 1.43. The third kappa shape index (κ3) is 13.4. The molecule has 9 nitrogen and oxygen atoms in total. The molecule has 2 unspecified atom stereocenters. The molecule has 4 N–H and O–H groups in total. The summed E-state index contributed by atoms with van der Waals surface area (Å²) in [5.41, 5.74) is 4.25. The summed E-state index contributed by atoms with van der Waals surface area (Å²) in [6, 6.07) is 6.11. The Bertz CT molecular complexity index is 1290. The lowest BCUT2D eigenvalue weighted by molar-refractivity contribution is -0.144. The molecule has 0 aliphatic carbocycles. The molecule has 0 radical (unpaired) electrons. The molecule has 3 amide bonds. The molecule has 0 saturated carbocycles. The summed E-state index contributed by atoms with van der Waals surface area (Å²) in [7, 11) is 0. The van der Waals surface area contributed by atoms with E-state index in [9.17, 15) is 19.5 Å². The van der Waals surface area contributed by atoms with Crippen molar-refractivity contribution in [1.82, 2.24) is 20.5 Å². The molecule has 1 aliphatic rings. The van der Waals surface area contributed by atoms with Crippen LogP contribution >= 0.6 is 11.3 Å². The van der Waals surface area contributed by atoms with Gasteiger partial charge in [0, 0.05) is 26.0 Å². The Hall–Kier alpha value is -2.82. The maximum absolute atomic E-state index is 13.9. The molecule has 1 aliphatic heterocycles. The molecule has 274 valence electrons. The van der Waals surface area contributed by atoms with Crippen LogP contribution in [0.5, 0.6) is 0 Å². The van der Waals surface area contributed by atoms with Gasteiger partial charge >= 0.3 is 0 Å². The van der Waals surface area contributed by atoms with Crippen molar-refractivity contribution in [1.29, 1.82) is 0 Å². The first kappa shape index (κ1) is 40.6. The number of nitrogens with one attached hydrogen (secondary N) is 2. The summed E-state index contributed by atoms with van der Waals surface area (Å²) >= 11 is 1.59. The average Bonchev–Trinajstić information content (AvgIpc) is 3.68. The molecular formula is C39H62N4O5S. The number of carbonyl (C=O) groups excluding carboxylic acids is 3. The average molecular weight is 699 g/mol. The SMILES string of the molecule is Cc1ncsc1-c1ccc(C(C)NC(=O)[C@@H]2C[C@@H](O)CN2C(=O)C(NC(=O)CCCCCCCCCCCCCCCO)C(C)(C)C)cc1. The number of hydrogen-bond acceptors (Lipinski definition) is 7. The minimum Gasteiger partial charge on any atom is -0.396 e. The molecule has 10 heteroatoms. The summed E-state index contributed by atoms with van der Waals surface area (Å²) < 4.78 is 0. The summed E-state index contributed by atoms with van der Waals surface area (Å²) in [4.78, 5) is 47.4. The lowest BCUT2D eigenvalue weighted by atomic mass is 9.85. The van der Waals surface area contributed by atoms with Gasteiger partial charge in [-0.3, -0.25) is 14.4 Å². The van der Waals surface area contributed by atoms with E-state index in [1.54, 1.807) is 11.3 Å². The highest BCUT2D eigenvalue weighted by molar-refractivity contribution is 7.13. The van der Waals surface area contributed by atoms with Gasteiger partial charge in [-0.15, -0.1) is 11.3 Å². The molecule has 3 rings (SSSR count). The van der Waals surface area contributed by atoms with Crippen molar-refractivity contribution in [3.05, 3.63) is 41.0 Å². The Kier molecular flexibility index (Phi) is 17.2. The Labute approximate surface area is 298 Å². The molecule has 0 spiro atoms. The number of aliphatic hydroxyl groups is 2. The molecule has 2 heterocycles. The fourth-order valence-electron chi connectivity index (χ4n) is 6.59. The Morgan fingerprint density at radius 3 is 1.96 bits per heavy atom. The van der Waals surface area contributed by atoms with Crippen LogP contribution in [-0.4, -0.2) is 69.2 Å². The van der Waals surface area contributed by atoms with E-state index >= 15 is 0 Å². The van der Waals surface area contributed by atoms with Crippen molar-refractivity contribution in [2.45, 2.75) is 155 Å². The standard InChI is InChI=1S/C39H62N4O5S/c1-28(30-20-22-31(23-21-30)35-29(2)40-27-49-35)41-37(47)33-25-32(45)26-43(33)38(48)36(39(3,4)5)42-34(46)19-17-15-13-11-9-7-6-8-10-12-14-16-18-24-44/h20-23,27-28,32-33,36,44-45H,6-19,24-26H2,1-5H3,(H,41,47)(H,42,46)/t28?,32-,33+,36?/m1/s1. The van der Waals surface area contributed by atoms with Crippen LogP contribution in [0.2, 0.25) is 0 Å². The second kappa shape index (κ2) is 20.8. The zero-order valence-corrected chi connectivity index (χ0v) is 31.5. The van der Waals surface area contributed by atoms with E-state index < -0.39 is 23.6 Å². The van der Waals surface area contributed by atoms with Crippen LogP contribution in [0.15, 0.2) is 29.8 Å². The van der Waals surface area contributed by atoms with Gasteiger partial charge in [-0.25, -0.2) is 4.98 Å². The predicted molar refractivity (Wildman–Crippen MR) is 198 cm³/mol. The first-order chi connectivity index (χ1) is 23.4. The van der Waals surface area contributed by atoms with E-state index in [1.165, 1.54) is 56.3 Å². The van der Waals surface area contributed by atoms with E-state index in [0.717, 1.165) is 53.8 Å². The van der Waals surface area contributed by atoms with Crippen molar-refractivity contribution < 1.29 is 24.6 Å². The normalized spacial score (nSPS) is 17.6. The van der Waals surface area contributed by atoms with E-state index in [-0.39, 0.29) is 36.7 Å². The molecule has 0 bridgehead atoms. The van der Waals surface area contributed by atoms with Gasteiger partial charge in [0.15, 0.2) is 0 Å². The van der Waals surface area contributed by atoms with Crippen molar-refractivity contribution in [3.8, 4) is 10.4 Å². The number of thiazole rings is 1. The summed E-state index contributed by atoms with van der Waals surface area (Å²) in [6.07, 6.45) is 14.7. The lowest BCUT2D eigenvalue weighted by Crippen LogP contribution is -2.57. The monoisotopic (exact) mass is 698 g/mol. The number of aromatic nitrogens is 1. The number of unbranched alkanes of at least 4 members (excludes halogenated alkanes) is 12. The van der Waals surface area contributed by atoms with Crippen LogP contribution in [0.25, 0.3) is 10.4 Å². The van der Waals surface area contributed by atoms with E-state index in [2.05, 4.69) is 15.6 Å². The third-order valence-corrected chi connectivity index (χ3v) is 10.6. The quantitative estimate of drug-likeness (QED) is 0.102. The third-order valence-electron chi connectivity index (χ3n) is 9.62. The topological polar surface area (TPSA) is 132 Å². The second-order valence-corrected chi connectivity index (χ2v) is 15.8. The van der Waals surface area contributed by atoms with Gasteiger partial charge in [0.25, 0.3) is 0 Å². The van der Waals surface area contributed by atoms with Gasteiger partial charge in [-0.2, -0.15) is 0 Å². The molecule has 1 saturated heterocycles. The number of hydrogen-bond donors (Lipinski definition) is 4. The lowest BCUT2D eigenvalue weighted by Gasteiger charge is -2.35. The number of aliphatic hydroxyl groups excluding tert-OH is 2. The zero-order chi connectivity index (χ0) is 35.8. The van der Waals surface area contributed by atoms with Crippen LogP contribution in [0, 0.1) is 12.3 Å². The van der Waals surface area contributed by atoms with Gasteiger partial charge < -0.3 is 25.7 Å².